The number of rotatable bonds is 3. The van der Waals surface area contributed by atoms with Gasteiger partial charge in [0.1, 0.15) is 0 Å². The highest BCUT2D eigenvalue weighted by Crippen LogP contribution is 2.29. The lowest BCUT2D eigenvalue weighted by atomic mass is 10.2. The fourth-order valence-corrected chi connectivity index (χ4v) is 2.34. The number of hydrogen-bond acceptors (Lipinski definition) is 5. The molecule has 0 spiro atoms. The Morgan fingerprint density at radius 1 is 1.41 bits per heavy atom. The summed E-state index contributed by atoms with van der Waals surface area (Å²) < 4.78 is 27.4. The number of aromatic amines is 1. The van der Waals surface area contributed by atoms with Crippen LogP contribution in [0, 0.1) is 10.1 Å². The van der Waals surface area contributed by atoms with Crippen molar-refractivity contribution in [2.75, 3.05) is 7.11 Å². The zero-order chi connectivity index (χ0) is 12.6. The Hall–Kier alpha value is -1.93. The van der Waals surface area contributed by atoms with Crippen LogP contribution in [0.1, 0.15) is 0 Å². The highest BCUT2D eigenvalue weighted by atomic mass is 32.2. The Kier molecular flexibility index (Phi) is 2.60. The van der Waals surface area contributed by atoms with Crippen LogP contribution in [-0.4, -0.2) is 25.4 Å². The predicted molar refractivity (Wildman–Crippen MR) is 59.1 cm³/mol. The molecule has 0 fully saturated rings. The van der Waals surface area contributed by atoms with Crippen LogP contribution < -0.4 is 0 Å². The van der Waals surface area contributed by atoms with E-state index >= 15 is 0 Å². The zero-order valence-electron chi connectivity index (χ0n) is 8.71. The number of nitro groups is 1. The van der Waals surface area contributed by atoms with Crippen molar-refractivity contribution in [3.63, 3.8) is 0 Å². The number of nitrogens with zero attached hydrogens (tertiary/aromatic N) is 1. The Morgan fingerprint density at radius 2 is 2.12 bits per heavy atom. The summed E-state index contributed by atoms with van der Waals surface area (Å²) in [7, 11) is -3.14. The summed E-state index contributed by atoms with van der Waals surface area (Å²) in [4.78, 5) is 12.4. The molecule has 0 aliphatic carbocycles. The van der Waals surface area contributed by atoms with Gasteiger partial charge in [-0.3, -0.25) is 14.3 Å². The summed E-state index contributed by atoms with van der Waals surface area (Å²) >= 11 is 0. The first kappa shape index (κ1) is 11.6. The van der Waals surface area contributed by atoms with Crippen LogP contribution >= 0.6 is 0 Å². The van der Waals surface area contributed by atoms with Crippen LogP contribution in [-0.2, 0) is 14.3 Å². The third-order valence-corrected chi connectivity index (χ3v) is 3.62. The second-order valence-electron chi connectivity index (χ2n) is 3.26. The molecule has 0 unspecified atom stereocenters. The first-order valence-corrected chi connectivity index (χ1v) is 5.92. The molecular weight excluding hydrogens is 248 g/mol. The second kappa shape index (κ2) is 3.82. The molecule has 0 saturated heterocycles. The molecule has 1 N–H and O–H groups in total. The Morgan fingerprint density at radius 3 is 2.71 bits per heavy atom. The van der Waals surface area contributed by atoms with Crippen LogP contribution in [0.25, 0.3) is 10.9 Å². The smallest absolute Gasteiger partial charge is 0.303 e. The quantitative estimate of drug-likeness (QED) is 0.508. The summed E-state index contributed by atoms with van der Waals surface area (Å²) in [6.07, 6.45) is 1.57. The summed E-state index contributed by atoms with van der Waals surface area (Å²) in [5.74, 6) is 0. The Balaban J connectivity index is 2.84. The molecule has 0 bridgehead atoms. The average molecular weight is 256 g/mol. The van der Waals surface area contributed by atoms with E-state index in [1.807, 2.05) is 0 Å². The molecule has 8 heteroatoms. The predicted octanol–water partition coefficient (Wildman–Crippen LogP) is 1.41. The number of H-pyrrole nitrogens is 1. The molecule has 0 aliphatic heterocycles. The molecule has 90 valence electrons. The third kappa shape index (κ3) is 1.87. The van der Waals surface area contributed by atoms with Crippen LogP contribution in [0.2, 0.25) is 0 Å². The van der Waals surface area contributed by atoms with E-state index in [-0.39, 0.29) is 0 Å². The molecule has 0 aliphatic rings. The van der Waals surface area contributed by atoms with Gasteiger partial charge in [0.05, 0.1) is 17.5 Å². The van der Waals surface area contributed by atoms with Crippen molar-refractivity contribution in [1.29, 1.82) is 0 Å². The highest BCUT2D eigenvalue weighted by molar-refractivity contribution is 7.87. The van der Waals surface area contributed by atoms with Gasteiger partial charge in [-0.15, -0.1) is 0 Å². The fourth-order valence-electron chi connectivity index (χ4n) is 1.50. The third-order valence-electron chi connectivity index (χ3n) is 2.32. The molecule has 7 nitrogen and oxygen atoms in total. The number of fused-ring (bicyclic) bond motifs is 1. The van der Waals surface area contributed by atoms with E-state index in [4.69, 9.17) is 0 Å². The summed E-state index contributed by atoms with van der Waals surface area (Å²) in [5, 5.41) is 11.4. The number of aromatic nitrogens is 1. The molecule has 1 aromatic carbocycles. The molecule has 1 aromatic heterocycles. The summed E-state index contributed by atoms with van der Waals surface area (Å²) in [6, 6.07) is 4.00. The van der Waals surface area contributed by atoms with Gasteiger partial charge in [-0.1, -0.05) is 0 Å². The lowest BCUT2D eigenvalue weighted by Gasteiger charge is -2.03. The highest BCUT2D eigenvalue weighted by Gasteiger charge is 2.26. The minimum absolute atomic E-state index is 0.447. The SMILES string of the molecule is COS(=O)(=O)c1cc2cc[nH]c2cc1[N+](=O)[O-]. The molecule has 2 aromatic rings. The van der Waals surface area contributed by atoms with Gasteiger partial charge in [0.15, 0.2) is 4.90 Å². The first-order chi connectivity index (χ1) is 7.95. The molecular formula is C9H8N2O5S. The van der Waals surface area contributed by atoms with Gasteiger partial charge >= 0.3 is 10.1 Å². The van der Waals surface area contributed by atoms with E-state index in [1.54, 1.807) is 12.3 Å². The van der Waals surface area contributed by atoms with Crippen LogP contribution in [0.5, 0.6) is 0 Å². The molecule has 2 rings (SSSR count). The van der Waals surface area contributed by atoms with Crippen molar-refractivity contribution >= 4 is 26.7 Å². The standard InChI is InChI=1S/C9H8N2O5S/c1-16-17(14,15)9-4-6-2-3-10-7(6)5-8(9)11(12)13/h2-5,10H,1H3. The maximum atomic E-state index is 11.6. The lowest BCUT2D eigenvalue weighted by molar-refractivity contribution is -0.387. The van der Waals surface area contributed by atoms with Gasteiger partial charge < -0.3 is 4.98 Å². The van der Waals surface area contributed by atoms with Gasteiger partial charge in [-0.05, 0) is 12.1 Å². The van der Waals surface area contributed by atoms with Gasteiger partial charge in [0.25, 0.3) is 5.69 Å². The number of nitro benzene ring substituents is 1. The lowest BCUT2D eigenvalue weighted by Crippen LogP contribution is -2.06. The van der Waals surface area contributed by atoms with Crippen molar-refractivity contribution in [3.8, 4) is 0 Å². The van der Waals surface area contributed by atoms with Crippen molar-refractivity contribution in [2.24, 2.45) is 0 Å². The van der Waals surface area contributed by atoms with E-state index in [1.165, 1.54) is 12.1 Å². The van der Waals surface area contributed by atoms with Gasteiger partial charge in [-0.25, -0.2) is 0 Å². The van der Waals surface area contributed by atoms with Crippen molar-refractivity contribution in [2.45, 2.75) is 4.90 Å². The molecule has 0 saturated carbocycles. The Bertz CT molecular complexity index is 688. The molecule has 0 atom stereocenters. The minimum atomic E-state index is -4.10. The van der Waals surface area contributed by atoms with E-state index < -0.39 is 25.6 Å². The van der Waals surface area contributed by atoms with Crippen LogP contribution in [0.3, 0.4) is 0 Å². The number of hydrogen-bond donors (Lipinski definition) is 1. The first-order valence-electron chi connectivity index (χ1n) is 4.52. The molecule has 0 amide bonds. The summed E-state index contributed by atoms with van der Waals surface area (Å²) in [5.41, 5.74) is -0.0199. The maximum Gasteiger partial charge on any atom is 0.303 e. The van der Waals surface area contributed by atoms with E-state index in [0.29, 0.717) is 10.9 Å². The number of benzene rings is 1. The van der Waals surface area contributed by atoms with Crippen molar-refractivity contribution < 1.29 is 17.5 Å². The van der Waals surface area contributed by atoms with E-state index in [0.717, 1.165) is 7.11 Å². The largest absolute Gasteiger partial charge is 0.361 e. The fraction of sp³-hybridized carbons (Fsp3) is 0.111. The molecule has 1 heterocycles. The summed E-state index contributed by atoms with van der Waals surface area (Å²) in [6.45, 7) is 0. The molecule has 17 heavy (non-hydrogen) atoms. The zero-order valence-corrected chi connectivity index (χ0v) is 9.52. The van der Waals surface area contributed by atoms with E-state index in [9.17, 15) is 18.5 Å². The second-order valence-corrected chi connectivity index (χ2v) is 4.94. The normalized spacial score (nSPS) is 11.8. The average Bonchev–Trinajstić information content (AvgIpc) is 2.74. The minimum Gasteiger partial charge on any atom is -0.361 e. The topological polar surface area (TPSA) is 102 Å². The maximum absolute atomic E-state index is 11.6. The van der Waals surface area contributed by atoms with Gasteiger partial charge in [0, 0.05) is 17.6 Å². The van der Waals surface area contributed by atoms with Crippen LogP contribution in [0.4, 0.5) is 5.69 Å². The van der Waals surface area contributed by atoms with Gasteiger partial charge in [-0.2, -0.15) is 8.42 Å². The Labute approximate surface area is 96.3 Å². The van der Waals surface area contributed by atoms with Crippen molar-refractivity contribution in [1.82, 2.24) is 4.98 Å². The van der Waals surface area contributed by atoms with Gasteiger partial charge in [0.2, 0.25) is 0 Å². The van der Waals surface area contributed by atoms with Crippen LogP contribution in [0.15, 0.2) is 29.3 Å². The monoisotopic (exact) mass is 256 g/mol. The number of nitrogens with one attached hydrogen (secondary N) is 1. The molecule has 0 radical (unpaired) electrons. The van der Waals surface area contributed by atoms with Crippen molar-refractivity contribution in [3.05, 3.63) is 34.5 Å². The van der Waals surface area contributed by atoms with E-state index in [2.05, 4.69) is 9.17 Å².